The normalized spacial score (nSPS) is 20.8. The number of benzene rings is 3. The lowest BCUT2D eigenvalue weighted by Crippen LogP contribution is -2.36. The molecule has 1 saturated heterocycles. The molecule has 3 heteroatoms. The average molecular weight is 344 g/mol. The van der Waals surface area contributed by atoms with Crippen molar-refractivity contribution in [3.63, 3.8) is 0 Å². The van der Waals surface area contributed by atoms with Crippen molar-refractivity contribution in [2.45, 2.75) is 18.9 Å². The quantitative estimate of drug-likeness (QED) is 0.750. The van der Waals surface area contributed by atoms with E-state index in [2.05, 4.69) is 65.2 Å². The zero-order valence-electron chi connectivity index (χ0n) is 15.0. The molecule has 3 atom stereocenters. The van der Waals surface area contributed by atoms with Gasteiger partial charge in [0.1, 0.15) is 0 Å². The van der Waals surface area contributed by atoms with E-state index < -0.39 is 0 Å². The summed E-state index contributed by atoms with van der Waals surface area (Å²) in [5.74, 6) is 0.278. The molecule has 2 N–H and O–H groups in total. The van der Waals surface area contributed by atoms with Crippen LogP contribution in [0.2, 0.25) is 0 Å². The van der Waals surface area contributed by atoms with Crippen LogP contribution in [0.3, 0.4) is 0 Å². The predicted octanol–water partition coefficient (Wildman–Crippen LogP) is 4.02. The highest BCUT2D eigenvalue weighted by Crippen LogP contribution is 2.33. The molecule has 0 radical (unpaired) electrons. The van der Waals surface area contributed by atoms with Gasteiger partial charge in [0.25, 0.3) is 0 Å². The molecule has 0 aromatic heterocycles. The average Bonchev–Trinajstić information content (AvgIpc) is 3.18. The second kappa shape index (κ2) is 7.30. The Morgan fingerprint density at radius 1 is 0.962 bits per heavy atom. The first-order valence-corrected chi connectivity index (χ1v) is 9.28. The van der Waals surface area contributed by atoms with Crippen molar-refractivity contribution in [3.8, 4) is 0 Å². The van der Waals surface area contributed by atoms with Gasteiger partial charge in [-0.15, -0.1) is 0 Å². The van der Waals surface area contributed by atoms with E-state index in [4.69, 9.17) is 0 Å². The molecule has 1 aliphatic heterocycles. The first kappa shape index (κ1) is 16.8. The lowest BCUT2D eigenvalue weighted by atomic mass is 9.85. The molecule has 1 fully saturated rings. The second-order valence-corrected chi connectivity index (χ2v) is 7.08. The fraction of sp³-hybridized carbons (Fsp3) is 0.261. The number of fused-ring (bicyclic) bond motifs is 1. The standard InChI is InChI=1S/C23H24N2O/c1-16(17-8-3-2-4-9-17)25-23(26)22-15-24-14-21(22)20-13-7-11-18-10-5-6-12-19(18)20/h2-13,16,21-22,24H,14-15H2,1H3,(H,25,26)/t16-,21-,22+/m0/s1. The summed E-state index contributed by atoms with van der Waals surface area (Å²) in [6, 6.07) is 24.9. The van der Waals surface area contributed by atoms with Gasteiger partial charge in [-0.2, -0.15) is 0 Å². The Bertz CT molecular complexity index is 901. The van der Waals surface area contributed by atoms with Gasteiger partial charge in [0.05, 0.1) is 12.0 Å². The van der Waals surface area contributed by atoms with Gasteiger partial charge in [-0.05, 0) is 28.8 Å². The smallest absolute Gasteiger partial charge is 0.225 e. The summed E-state index contributed by atoms with van der Waals surface area (Å²) in [7, 11) is 0. The van der Waals surface area contributed by atoms with Crippen LogP contribution >= 0.6 is 0 Å². The molecule has 0 unspecified atom stereocenters. The van der Waals surface area contributed by atoms with Crippen molar-refractivity contribution in [3.05, 3.63) is 83.9 Å². The summed E-state index contributed by atoms with van der Waals surface area (Å²) in [5.41, 5.74) is 2.40. The van der Waals surface area contributed by atoms with Gasteiger partial charge in [0, 0.05) is 19.0 Å². The van der Waals surface area contributed by atoms with Gasteiger partial charge >= 0.3 is 0 Å². The van der Waals surface area contributed by atoms with Crippen LogP contribution in [-0.2, 0) is 4.79 Å². The van der Waals surface area contributed by atoms with E-state index in [9.17, 15) is 4.79 Å². The van der Waals surface area contributed by atoms with Crippen LogP contribution < -0.4 is 10.6 Å². The van der Waals surface area contributed by atoms with Crippen LogP contribution in [0.5, 0.6) is 0 Å². The number of hydrogen-bond acceptors (Lipinski definition) is 2. The number of rotatable bonds is 4. The lowest BCUT2D eigenvalue weighted by Gasteiger charge is -2.22. The minimum atomic E-state index is -0.0491. The molecule has 0 bridgehead atoms. The fourth-order valence-corrected chi connectivity index (χ4v) is 4.00. The van der Waals surface area contributed by atoms with Crippen molar-refractivity contribution in [2.75, 3.05) is 13.1 Å². The fourth-order valence-electron chi connectivity index (χ4n) is 4.00. The summed E-state index contributed by atoms with van der Waals surface area (Å²) in [6.45, 7) is 3.61. The van der Waals surface area contributed by atoms with Gasteiger partial charge in [-0.1, -0.05) is 72.8 Å². The maximum atomic E-state index is 13.0. The summed E-state index contributed by atoms with van der Waals surface area (Å²) in [4.78, 5) is 13.0. The van der Waals surface area contributed by atoms with Gasteiger partial charge in [-0.3, -0.25) is 4.79 Å². The zero-order chi connectivity index (χ0) is 17.9. The third-order valence-corrected chi connectivity index (χ3v) is 5.43. The number of amides is 1. The second-order valence-electron chi connectivity index (χ2n) is 7.08. The third kappa shape index (κ3) is 3.23. The topological polar surface area (TPSA) is 41.1 Å². The van der Waals surface area contributed by atoms with E-state index in [1.807, 2.05) is 25.1 Å². The van der Waals surface area contributed by atoms with Crippen LogP contribution in [0.4, 0.5) is 0 Å². The molecule has 3 aromatic rings. The molecule has 1 heterocycles. The van der Waals surface area contributed by atoms with Gasteiger partial charge < -0.3 is 10.6 Å². The molecule has 1 aliphatic rings. The Kier molecular flexibility index (Phi) is 4.72. The van der Waals surface area contributed by atoms with E-state index in [1.165, 1.54) is 16.3 Å². The van der Waals surface area contributed by atoms with Crippen molar-refractivity contribution in [2.24, 2.45) is 5.92 Å². The summed E-state index contributed by atoms with van der Waals surface area (Å²) in [5, 5.41) is 9.10. The number of nitrogens with one attached hydrogen (secondary N) is 2. The molecule has 0 aliphatic carbocycles. The molecular formula is C23H24N2O. The molecule has 1 amide bonds. The highest BCUT2D eigenvalue weighted by Gasteiger charge is 2.35. The Hall–Kier alpha value is -2.65. The van der Waals surface area contributed by atoms with Crippen LogP contribution in [0, 0.1) is 5.92 Å². The highest BCUT2D eigenvalue weighted by atomic mass is 16.2. The lowest BCUT2D eigenvalue weighted by molar-refractivity contribution is -0.125. The van der Waals surface area contributed by atoms with Crippen molar-refractivity contribution in [1.82, 2.24) is 10.6 Å². The van der Waals surface area contributed by atoms with Crippen molar-refractivity contribution in [1.29, 1.82) is 0 Å². The van der Waals surface area contributed by atoms with Crippen molar-refractivity contribution < 1.29 is 4.79 Å². The van der Waals surface area contributed by atoms with E-state index in [-0.39, 0.29) is 23.8 Å². The Morgan fingerprint density at radius 2 is 1.69 bits per heavy atom. The van der Waals surface area contributed by atoms with E-state index >= 15 is 0 Å². The largest absolute Gasteiger partial charge is 0.349 e. The minimum Gasteiger partial charge on any atom is -0.349 e. The number of carbonyl (C=O) groups is 1. The first-order valence-electron chi connectivity index (χ1n) is 9.28. The molecule has 26 heavy (non-hydrogen) atoms. The first-order chi connectivity index (χ1) is 12.7. The van der Waals surface area contributed by atoms with E-state index in [0.29, 0.717) is 0 Å². The number of carbonyl (C=O) groups excluding carboxylic acids is 1. The van der Waals surface area contributed by atoms with Crippen LogP contribution in [0.1, 0.15) is 30.0 Å². The maximum absolute atomic E-state index is 13.0. The zero-order valence-corrected chi connectivity index (χ0v) is 15.0. The van der Waals surface area contributed by atoms with Crippen LogP contribution in [0.15, 0.2) is 72.8 Å². The maximum Gasteiger partial charge on any atom is 0.225 e. The van der Waals surface area contributed by atoms with E-state index in [1.54, 1.807) is 0 Å². The molecular weight excluding hydrogens is 320 g/mol. The highest BCUT2D eigenvalue weighted by molar-refractivity contribution is 5.88. The monoisotopic (exact) mass is 344 g/mol. The van der Waals surface area contributed by atoms with Gasteiger partial charge in [-0.25, -0.2) is 0 Å². The molecule has 0 spiro atoms. The molecule has 132 valence electrons. The van der Waals surface area contributed by atoms with E-state index in [0.717, 1.165) is 18.7 Å². The predicted molar refractivity (Wildman–Crippen MR) is 106 cm³/mol. The molecule has 4 rings (SSSR count). The van der Waals surface area contributed by atoms with Crippen molar-refractivity contribution >= 4 is 16.7 Å². The minimum absolute atomic E-state index is 0.0115. The molecule has 3 nitrogen and oxygen atoms in total. The Balaban J connectivity index is 1.57. The van der Waals surface area contributed by atoms with Gasteiger partial charge in [0.15, 0.2) is 0 Å². The molecule has 3 aromatic carbocycles. The SMILES string of the molecule is C[C@H](NC(=O)[C@@H]1CNC[C@H]1c1cccc2ccccc12)c1ccccc1. The molecule has 0 saturated carbocycles. The third-order valence-electron chi connectivity index (χ3n) is 5.43. The van der Waals surface area contributed by atoms with Crippen LogP contribution in [-0.4, -0.2) is 19.0 Å². The summed E-state index contributed by atoms with van der Waals surface area (Å²) >= 11 is 0. The Morgan fingerprint density at radius 3 is 2.54 bits per heavy atom. The Labute approximate surface area is 154 Å². The van der Waals surface area contributed by atoms with Crippen LogP contribution in [0.25, 0.3) is 10.8 Å². The van der Waals surface area contributed by atoms with Gasteiger partial charge in [0.2, 0.25) is 5.91 Å². The summed E-state index contributed by atoms with van der Waals surface area (Å²) < 4.78 is 0. The number of hydrogen-bond donors (Lipinski definition) is 2. The summed E-state index contributed by atoms with van der Waals surface area (Å²) in [6.07, 6.45) is 0.